The molecule has 4 aliphatic carbocycles. The molecule has 1 amide bonds. The number of ether oxygens (including phenoxy) is 2. The Hall–Kier alpha value is -4.56. The SMILES string of the molecule is C[C@]12C=CC(=O)C=C1CC[C@H]1[C@@H]3C[C@H](O)[C@](O)(C(=O)COC(=O)CC(NC(=O)CCCCO[N+](=O)[O-])C(=O)OCCCCO[N+](=O)[O-])[C@@]3(C)C[C@H](O)[C@@]12F. The van der Waals surface area contributed by atoms with E-state index in [1.807, 2.05) is 0 Å². The fourth-order valence-corrected chi connectivity index (χ4v) is 8.81. The molecule has 0 bridgehead atoms. The summed E-state index contributed by atoms with van der Waals surface area (Å²) in [7, 11) is 0. The second kappa shape index (κ2) is 16.8. The number of nitrogens with one attached hydrogen (secondary N) is 1. The molecule has 0 aromatic rings. The van der Waals surface area contributed by atoms with Crippen molar-refractivity contribution in [3.8, 4) is 0 Å². The number of ketones is 2. The van der Waals surface area contributed by atoms with Gasteiger partial charge in [-0.15, -0.1) is 20.2 Å². The van der Waals surface area contributed by atoms with Crippen LogP contribution in [-0.4, -0.2) is 111 Å². The fourth-order valence-electron chi connectivity index (χ4n) is 8.81. The van der Waals surface area contributed by atoms with Gasteiger partial charge in [0.2, 0.25) is 11.7 Å². The first-order valence-corrected chi connectivity index (χ1v) is 17.7. The van der Waals surface area contributed by atoms with Gasteiger partial charge in [0.25, 0.3) is 10.2 Å². The molecule has 0 spiro atoms. The number of hydrogen-bond donors (Lipinski definition) is 4. The summed E-state index contributed by atoms with van der Waals surface area (Å²) >= 11 is 0. The maximum atomic E-state index is 17.4. The van der Waals surface area contributed by atoms with Gasteiger partial charge in [-0.25, -0.2) is 9.18 Å². The van der Waals surface area contributed by atoms with E-state index < -0.39 is 105 Å². The van der Waals surface area contributed by atoms with Crippen LogP contribution in [0.1, 0.15) is 78.1 Å². The van der Waals surface area contributed by atoms with Crippen LogP contribution < -0.4 is 5.32 Å². The number of halogens is 1. The Labute approximate surface area is 308 Å². The highest BCUT2D eigenvalue weighted by atomic mass is 19.1. The Morgan fingerprint density at radius 2 is 1.61 bits per heavy atom. The van der Waals surface area contributed by atoms with Gasteiger partial charge in [-0.05, 0) is 76.4 Å². The predicted octanol–water partition coefficient (Wildman–Crippen LogP) is 0.957. The lowest BCUT2D eigenvalue weighted by atomic mass is 9.44. The molecule has 0 heterocycles. The molecule has 20 heteroatoms. The zero-order valence-corrected chi connectivity index (χ0v) is 29.9. The number of allylic oxidation sites excluding steroid dienone is 4. The number of esters is 2. The first kappa shape index (κ1) is 42.2. The molecule has 0 aromatic carbocycles. The van der Waals surface area contributed by atoms with Crippen molar-refractivity contribution in [3.05, 3.63) is 44.0 Å². The third-order valence-corrected chi connectivity index (χ3v) is 11.6. The highest BCUT2D eigenvalue weighted by Gasteiger charge is 2.76. The van der Waals surface area contributed by atoms with E-state index in [1.54, 1.807) is 6.92 Å². The van der Waals surface area contributed by atoms with Crippen LogP contribution in [-0.2, 0) is 43.1 Å². The van der Waals surface area contributed by atoms with E-state index in [0.29, 0.717) is 12.0 Å². The number of hydrogen-bond acceptors (Lipinski definition) is 16. The maximum Gasteiger partial charge on any atom is 0.329 e. The topological polar surface area (TPSA) is 281 Å². The Morgan fingerprint density at radius 1 is 0.981 bits per heavy atom. The number of aliphatic hydroxyl groups is 3. The first-order chi connectivity index (χ1) is 25.3. The van der Waals surface area contributed by atoms with Crippen molar-refractivity contribution in [2.75, 3.05) is 26.4 Å². The van der Waals surface area contributed by atoms with Crippen molar-refractivity contribution < 1.29 is 73.0 Å². The maximum absolute atomic E-state index is 17.4. The smallest absolute Gasteiger partial charge is 0.329 e. The molecule has 1 unspecified atom stereocenters. The van der Waals surface area contributed by atoms with Crippen LogP contribution in [0.2, 0.25) is 0 Å². The molecule has 3 saturated carbocycles. The Balaban J connectivity index is 1.41. The summed E-state index contributed by atoms with van der Waals surface area (Å²) in [4.78, 5) is 93.1. The number of carbonyl (C=O) groups excluding carboxylic acids is 5. The number of nitrogens with zero attached hydrogens (tertiary/aromatic N) is 2. The zero-order valence-electron chi connectivity index (χ0n) is 29.9. The quantitative estimate of drug-likeness (QED) is 0.0616. The molecule has 4 aliphatic rings. The fraction of sp³-hybridized carbons (Fsp3) is 0.735. The van der Waals surface area contributed by atoms with Gasteiger partial charge >= 0.3 is 11.9 Å². The Kier molecular flexibility index (Phi) is 13.2. The van der Waals surface area contributed by atoms with Crippen LogP contribution in [0.4, 0.5) is 4.39 Å². The molecule has 0 radical (unpaired) electrons. The van der Waals surface area contributed by atoms with Crippen molar-refractivity contribution in [2.45, 2.75) is 108 Å². The van der Waals surface area contributed by atoms with Crippen molar-refractivity contribution >= 4 is 29.4 Å². The molecule has 0 saturated heterocycles. The minimum atomic E-state index is -2.58. The normalized spacial score (nSPS) is 32.9. The van der Waals surface area contributed by atoms with Crippen molar-refractivity contribution in [1.29, 1.82) is 0 Å². The van der Waals surface area contributed by atoms with E-state index in [2.05, 4.69) is 15.0 Å². The third kappa shape index (κ3) is 8.24. The zero-order chi connectivity index (χ0) is 40.1. The lowest BCUT2D eigenvalue weighted by Gasteiger charge is -2.62. The lowest BCUT2D eigenvalue weighted by molar-refractivity contribution is -0.757. The van der Waals surface area contributed by atoms with Gasteiger partial charge in [-0.1, -0.05) is 18.6 Å². The lowest BCUT2D eigenvalue weighted by Crippen LogP contribution is -2.69. The summed E-state index contributed by atoms with van der Waals surface area (Å²) in [5, 5.41) is 55.5. The van der Waals surface area contributed by atoms with Gasteiger partial charge in [0.05, 0.1) is 38.4 Å². The molecule has 0 aromatic heterocycles. The summed E-state index contributed by atoms with van der Waals surface area (Å²) in [6, 6.07) is -1.63. The molecular formula is C34H46FN3O16. The van der Waals surface area contributed by atoms with Crippen LogP contribution in [0, 0.1) is 42.9 Å². The van der Waals surface area contributed by atoms with E-state index in [1.165, 1.54) is 25.2 Å². The number of aliphatic hydroxyl groups excluding tert-OH is 2. The minimum Gasteiger partial charge on any atom is -0.464 e. The molecule has 9 atom stereocenters. The van der Waals surface area contributed by atoms with E-state index in [4.69, 9.17) is 9.47 Å². The van der Waals surface area contributed by atoms with Gasteiger partial charge in [0.15, 0.2) is 23.7 Å². The van der Waals surface area contributed by atoms with E-state index in [9.17, 15) is 59.5 Å². The summed E-state index contributed by atoms with van der Waals surface area (Å²) in [6.45, 7) is 1.17. The summed E-state index contributed by atoms with van der Waals surface area (Å²) in [5.41, 5.74) is -7.27. The molecular weight excluding hydrogens is 725 g/mol. The standard InChI is InChI=1S/C34H46FN3O16/c1-31-11-10-21(39)15-20(31)8-9-22-23-16-25(40)34(46,32(23,2)18-26(41)33(22,31)35)27(42)19-52-29(44)17-24(30(45)51-12-5-6-14-54-38(49)50)36-28(43)7-3-4-13-53-37(47)48/h10-11,15,22-26,40-41,46H,3-9,12-14,16-19H2,1-2H3,(H,36,43)/t22-,23-,24?,25-,26-,31-,32-,33-,34-/m0/s1. The molecule has 300 valence electrons. The second-order valence-corrected chi connectivity index (χ2v) is 14.6. The number of amides is 1. The van der Waals surface area contributed by atoms with E-state index in [0.717, 1.165) is 0 Å². The highest BCUT2D eigenvalue weighted by Crippen LogP contribution is 2.69. The van der Waals surface area contributed by atoms with E-state index >= 15 is 4.39 Å². The van der Waals surface area contributed by atoms with Crippen LogP contribution in [0.15, 0.2) is 23.8 Å². The summed E-state index contributed by atoms with van der Waals surface area (Å²) in [6.07, 6.45) is -0.131. The van der Waals surface area contributed by atoms with Crippen molar-refractivity contribution in [1.82, 2.24) is 5.32 Å². The highest BCUT2D eigenvalue weighted by molar-refractivity contribution is 6.01. The number of alkyl halides is 1. The van der Waals surface area contributed by atoms with Crippen LogP contribution in [0.25, 0.3) is 0 Å². The van der Waals surface area contributed by atoms with E-state index in [-0.39, 0.29) is 70.5 Å². The van der Waals surface area contributed by atoms with Gasteiger partial charge in [0, 0.05) is 23.2 Å². The first-order valence-electron chi connectivity index (χ1n) is 17.7. The van der Waals surface area contributed by atoms with Gasteiger partial charge < -0.3 is 39.8 Å². The largest absolute Gasteiger partial charge is 0.464 e. The van der Waals surface area contributed by atoms with Gasteiger partial charge in [-0.2, -0.15) is 0 Å². The summed E-state index contributed by atoms with van der Waals surface area (Å²) < 4.78 is 27.6. The van der Waals surface area contributed by atoms with Gasteiger partial charge in [-0.3, -0.25) is 19.2 Å². The second-order valence-electron chi connectivity index (χ2n) is 14.6. The third-order valence-electron chi connectivity index (χ3n) is 11.6. The molecule has 4 N–H and O–H groups in total. The van der Waals surface area contributed by atoms with Crippen LogP contribution in [0.3, 0.4) is 0 Å². The Morgan fingerprint density at radius 3 is 2.26 bits per heavy atom. The number of rotatable bonds is 19. The molecule has 4 rings (SSSR count). The summed E-state index contributed by atoms with van der Waals surface area (Å²) in [5.74, 6) is -6.17. The number of fused-ring (bicyclic) bond motifs is 5. The van der Waals surface area contributed by atoms with Crippen molar-refractivity contribution in [3.63, 3.8) is 0 Å². The van der Waals surface area contributed by atoms with Gasteiger partial charge in [0.1, 0.15) is 6.04 Å². The molecule has 3 fully saturated rings. The number of Topliss-reactive ketones (excluding diaryl/α,β-unsaturated/α-hetero) is 1. The average molecular weight is 772 g/mol. The molecule has 0 aliphatic heterocycles. The van der Waals surface area contributed by atoms with Crippen LogP contribution in [0.5, 0.6) is 0 Å². The number of unbranched alkanes of at least 4 members (excludes halogenated alkanes) is 2. The number of carbonyl (C=O) groups is 5. The monoisotopic (exact) mass is 771 g/mol. The average Bonchev–Trinajstić information content (AvgIpc) is 3.30. The Bertz CT molecular complexity index is 1570. The van der Waals surface area contributed by atoms with Crippen LogP contribution >= 0.6 is 0 Å². The minimum absolute atomic E-state index is 0.115. The molecule has 19 nitrogen and oxygen atoms in total. The predicted molar refractivity (Wildman–Crippen MR) is 177 cm³/mol. The van der Waals surface area contributed by atoms with Crippen molar-refractivity contribution in [2.24, 2.45) is 22.7 Å². The molecule has 54 heavy (non-hydrogen) atoms.